The molecule has 0 aliphatic heterocycles. The van der Waals surface area contributed by atoms with Gasteiger partial charge in [0.15, 0.2) is 10.6 Å². The molecule has 0 bridgehead atoms. The van der Waals surface area contributed by atoms with Crippen molar-refractivity contribution >= 4 is 12.2 Å². The number of benzene rings is 1. The second-order valence-corrected chi connectivity index (χ2v) is 5.93. The highest BCUT2D eigenvalue weighted by Crippen LogP contribution is 2.50. The largest absolute Gasteiger partial charge is 0.385 e. The molecule has 4 nitrogen and oxygen atoms in total. The number of H-pyrrole nitrogens is 1. The zero-order valence-electron chi connectivity index (χ0n) is 11.6. The minimum Gasteiger partial charge on any atom is -0.385 e. The minimum atomic E-state index is 0.349. The molecular formula is C15H19N3OS. The summed E-state index contributed by atoms with van der Waals surface area (Å²) in [7, 11) is 1.76. The summed E-state index contributed by atoms with van der Waals surface area (Å²) in [6.07, 6.45) is 3.58. The Morgan fingerprint density at radius 2 is 2.10 bits per heavy atom. The summed E-state index contributed by atoms with van der Waals surface area (Å²) in [6, 6.07) is 10.2. The van der Waals surface area contributed by atoms with Gasteiger partial charge in [-0.2, -0.15) is 5.10 Å². The number of nitrogens with one attached hydrogen (secondary N) is 1. The highest BCUT2D eigenvalue weighted by molar-refractivity contribution is 7.71. The van der Waals surface area contributed by atoms with Crippen molar-refractivity contribution in [1.29, 1.82) is 0 Å². The molecule has 0 radical (unpaired) electrons. The molecule has 1 aromatic heterocycles. The van der Waals surface area contributed by atoms with Crippen LogP contribution in [0.15, 0.2) is 30.3 Å². The number of methoxy groups -OCH3 is 1. The molecule has 20 heavy (non-hydrogen) atoms. The smallest absolute Gasteiger partial charge is 0.195 e. The van der Waals surface area contributed by atoms with Crippen LogP contribution in [0.25, 0.3) is 11.4 Å². The van der Waals surface area contributed by atoms with Crippen LogP contribution in [0, 0.1) is 10.2 Å². The van der Waals surface area contributed by atoms with Crippen LogP contribution in [0.5, 0.6) is 0 Å². The van der Waals surface area contributed by atoms with Crippen LogP contribution in [0.3, 0.4) is 0 Å². The predicted octanol–water partition coefficient (Wildman–Crippen LogP) is 3.42. The van der Waals surface area contributed by atoms with Crippen LogP contribution in [0.4, 0.5) is 0 Å². The number of nitrogens with zero attached hydrogens (tertiary/aromatic N) is 2. The number of hydrogen-bond acceptors (Lipinski definition) is 3. The first-order valence-corrected chi connectivity index (χ1v) is 7.34. The third-order valence-electron chi connectivity index (χ3n) is 4.08. The molecule has 1 aliphatic carbocycles. The molecule has 0 atom stereocenters. The average Bonchev–Trinajstić information content (AvgIpc) is 3.16. The van der Waals surface area contributed by atoms with E-state index >= 15 is 0 Å². The molecule has 1 heterocycles. The molecule has 1 saturated carbocycles. The normalized spacial score (nSPS) is 16.2. The Labute approximate surface area is 123 Å². The van der Waals surface area contributed by atoms with Crippen LogP contribution in [0.2, 0.25) is 0 Å². The van der Waals surface area contributed by atoms with Gasteiger partial charge in [0.25, 0.3) is 0 Å². The summed E-state index contributed by atoms with van der Waals surface area (Å²) in [6.45, 7) is 1.74. The molecule has 106 valence electrons. The highest BCUT2D eigenvalue weighted by atomic mass is 32.1. The van der Waals surface area contributed by atoms with Gasteiger partial charge in [-0.05, 0) is 36.9 Å². The van der Waals surface area contributed by atoms with E-state index in [4.69, 9.17) is 17.0 Å². The molecule has 0 amide bonds. The number of ether oxygens (including phenoxy) is 1. The number of hydrogen-bond donors (Lipinski definition) is 1. The standard InChI is InChI=1S/C15H19N3OS/c1-19-10-9-15(7-8-15)11-18-13(16-17-14(18)20)12-5-3-2-4-6-12/h2-6H,7-11H2,1H3,(H,17,20). The van der Waals surface area contributed by atoms with Gasteiger partial charge in [-0.25, -0.2) is 0 Å². The van der Waals surface area contributed by atoms with Crippen LogP contribution >= 0.6 is 12.2 Å². The number of aromatic nitrogens is 3. The fraction of sp³-hybridized carbons (Fsp3) is 0.467. The van der Waals surface area contributed by atoms with E-state index in [1.165, 1.54) is 12.8 Å². The van der Waals surface area contributed by atoms with E-state index in [9.17, 15) is 0 Å². The van der Waals surface area contributed by atoms with Crippen molar-refractivity contribution in [3.63, 3.8) is 0 Å². The fourth-order valence-electron chi connectivity index (χ4n) is 2.59. The van der Waals surface area contributed by atoms with Crippen LogP contribution in [-0.2, 0) is 11.3 Å². The van der Waals surface area contributed by atoms with Gasteiger partial charge in [-0.1, -0.05) is 30.3 Å². The van der Waals surface area contributed by atoms with Crippen molar-refractivity contribution in [3.05, 3.63) is 35.1 Å². The Kier molecular flexibility index (Phi) is 3.72. The third kappa shape index (κ3) is 2.69. The molecular weight excluding hydrogens is 270 g/mol. The van der Waals surface area contributed by atoms with E-state index in [2.05, 4.69) is 26.9 Å². The van der Waals surface area contributed by atoms with Gasteiger partial charge >= 0.3 is 0 Å². The number of rotatable bonds is 6. The van der Waals surface area contributed by atoms with Gasteiger partial charge in [0, 0.05) is 25.8 Å². The summed E-state index contributed by atoms with van der Waals surface area (Å²) in [5.41, 5.74) is 1.45. The van der Waals surface area contributed by atoms with Crippen LogP contribution in [-0.4, -0.2) is 28.5 Å². The predicted molar refractivity (Wildman–Crippen MR) is 81.0 cm³/mol. The van der Waals surface area contributed by atoms with Crippen molar-refractivity contribution in [2.45, 2.75) is 25.8 Å². The van der Waals surface area contributed by atoms with Crippen molar-refractivity contribution < 1.29 is 4.74 Å². The van der Waals surface area contributed by atoms with Crippen molar-refractivity contribution in [2.75, 3.05) is 13.7 Å². The van der Waals surface area contributed by atoms with Crippen molar-refractivity contribution in [2.24, 2.45) is 5.41 Å². The molecule has 1 aromatic carbocycles. The van der Waals surface area contributed by atoms with Crippen LogP contribution in [0.1, 0.15) is 19.3 Å². The highest BCUT2D eigenvalue weighted by Gasteiger charge is 2.42. The zero-order chi connectivity index (χ0) is 14.0. The second kappa shape index (κ2) is 5.50. The van der Waals surface area contributed by atoms with Gasteiger partial charge in [0.1, 0.15) is 0 Å². The third-order valence-corrected chi connectivity index (χ3v) is 4.39. The lowest BCUT2D eigenvalue weighted by atomic mass is 10.0. The van der Waals surface area contributed by atoms with Crippen molar-refractivity contribution in [1.82, 2.24) is 14.8 Å². The summed E-state index contributed by atoms with van der Waals surface area (Å²) in [5.74, 6) is 0.930. The second-order valence-electron chi connectivity index (χ2n) is 5.55. The molecule has 0 spiro atoms. The Hall–Kier alpha value is -1.46. The Balaban J connectivity index is 1.87. The maximum Gasteiger partial charge on any atom is 0.195 e. The molecule has 0 saturated heterocycles. The Bertz CT molecular complexity index is 628. The van der Waals surface area contributed by atoms with Crippen molar-refractivity contribution in [3.8, 4) is 11.4 Å². The molecule has 1 N–H and O–H groups in total. The molecule has 2 aromatic rings. The van der Waals surface area contributed by atoms with E-state index in [0.717, 1.165) is 31.0 Å². The summed E-state index contributed by atoms with van der Waals surface area (Å²) in [5, 5.41) is 7.32. The van der Waals surface area contributed by atoms with Crippen LogP contribution < -0.4 is 0 Å². The molecule has 1 aliphatic rings. The van der Waals surface area contributed by atoms with E-state index < -0.39 is 0 Å². The minimum absolute atomic E-state index is 0.349. The van der Waals surface area contributed by atoms with E-state index in [-0.39, 0.29) is 0 Å². The first kappa shape index (κ1) is 13.5. The van der Waals surface area contributed by atoms with Gasteiger partial charge in [0.2, 0.25) is 0 Å². The Morgan fingerprint density at radius 1 is 1.35 bits per heavy atom. The average molecular weight is 289 g/mol. The quantitative estimate of drug-likeness (QED) is 0.829. The maximum absolute atomic E-state index is 5.39. The van der Waals surface area contributed by atoms with E-state index in [1.807, 2.05) is 18.2 Å². The first-order chi connectivity index (χ1) is 9.74. The number of aromatic amines is 1. The monoisotopic (exact) mass is 289 g/mol. The molecule has 5 heteroatoms. The van der Waals surface area contributed by atoms with Gasteiger partial charge in [-0.15, -0.1) is 0 Å². The summed E-state index contributed by atoms with van der Waals surface area (Å²) < 4.78 is 8.06. The summed E-state index contributed by atoms with van der Waals surface area (Å²) >= 11 is 5.39. The topological polar surface area (TPSA) is 42.8 Å². The first-order valence-electron chi connectivity index (χ1n) is 6.94. The SMILES string of the molecule is COCCC1(Cn2c(-c3ccccc3)n[nH]c2=S)CC1. The lowest BCUT2D eigenvalue weighted by Crippen LogP contribution is -2.15. The Morgan fingerprint density at radius 3 is 2.75 bits per heavy atom. The zero-order valence-corrected chi connectivity index (χ0v) is 12.4. The molecule has 1 fully saturated rings. The maximum atomic E-state index is 5.39. The summed E-state index contributed by atoms with van der Waals surface area (Å²) in [4.78, 5) is 0. The molecule has 0 unspecified atom stereocenters. The van der Waals surface area contributed by atoms with E-state index in [1.54, 1.807) is 7.11 Å². The van der Waals surface area contributed by atoms with Gasteiger partial charge in [-0.3, -0.25) is 9.67 Å². The van der Waals surface area contributed by atoms with Gasteiger partial charge < -0.3 is 4.74 Å². The lowest BCUT2D eigenvalue weighted by molar-refractivity contribution is 0.167. The lowest BCUT2D eigenvalue weighted by Gasteiger charge is -2.16. The fourth-order valence-corrected chi connectivity index (χ4v) is 2.79. The molecule has 3 rings (SSSR count). The van der Waals surface area contributed by atoms with E-state index in [0.29, 0.717) is 10.2 Å². The van der Waals surface area contributed by atoms with Gasteiger partial charge in [0.05, 0.1) is 0 Å².